The van der Waals surface area contributed by atoms with Crippen molar-refractivity contribution in [2.75, 3.05) is 21.7 Å². The smallest absolute Gasteiger partial charge is 0.335 e. The van der Waals surface area contributed by atoms with E-state index in [1.807, 2.05) is 61.5 Å². The zero-order chi connectivity index (χ0) is 24.4. The van der Waals surface area contributed by atoms with Crippen LogP contribution in [-0.4, -0.2) is 22.6 Å². The average molecular weight is 506 g/mol. The van der Waals surface area contributed by atoms with Crippen LogP contribution in [0.5, 0.6) is 5.75 Å². The molecule has 9 heteroatoms. The van der Waals surface area contributed by atoms with Gasteiger partial charge in [-0.1, -0.05) is 47.5 Å². The molecule has 0 saturated heterocycles. The first-order valence-corrected chi connectivity index (χ1v) is 11.8. The van der Waals surface area contributed by atoms with Gasteiger partial charge in [-0.05, 0) is 55.5 Å². The van der Waals surface area contributed by atoms with Crippen molar-refractivity contribution in [2.45, 2.75) is 13.5 Å². The maximum Gasteiger partial charge on any atom is 0.335 e. The van der Waals surface area contributed by atoms with E-state index in [4.69, 9.17) is 32.9 Å². The van der Waals surface area contributed by atoms with E-state index in [9.17, 15) is 4.79 Å². The standard InChI is InChI=1S/C26H21Cl2N5O2/c1-2-35-20-13-11-18(12-14-20)30-25-29-15-17-16-32(23-21(27)9-6-10-22(23)28)26(34)33(24(17)31-25)19-7-4-3-5-8-19/h3-15H,2,16H2,1H3,(H,29,30,31). The number of hydrogen-bond acceptors (Lipinski definition) is 5. The minimum atomic E-state index is -0.315. The monoisotopic (exact) mass is 505 g/mol. The Morgan fingerprint density at radius 3 is 2.37 bits per heavy atom. The molecule has 0 fully saturated rings. The molecule has 0 unspecified atom stereocenters. The molecule has 0 bridgehead atoms. The number of carbonyl (C=O) groups excluding carboxylic acids is 1. The van der Waals surface area contributed by atoms with Crippen LogP contribution >= 0.6 is 23.2 Å². The highest BCUT2D eigenvalue weighted by Gasteiger charge is 2.36. The SMILES string of the molecule is CCOc1ccc(Nc2ncc3c(n2)N(c2ccccc2)C(=O)N(c2c(Cl)cccc2Cl)C3)cc1. The van der Waals surface area contributed by atoms with E-state index in [1.165, 1.54) is 0 Å². The fourth-order valence-corrected chi connectivity index (χ4v) is 4.48. The summed E-state index contributed by atoms with van der Waals surface area (Å²) >= 11 is 12.9. The molecule has 4 aromatic rings. The van der Waals surface area contributed by atoms with Crippen molar-refractivity contribution >= 4 is 58.1 Å². The number of fused-ring (bicyclic) bond motifs is 1. The van der Waals surface area contributed by atoms with Gasteiger partial charge >= 0.3 is 6.03 Å². The minimum absolute atomic E-state index is 0.226. The maximum atomic E-state index is 13.8. The number of para-hydroxylation sites is 2. The van der Waals surface area contributed by atoms with Crippen LogP contribution in [0.25, 0.3) is 0 Å². The molecule has 2 heterocycles. The molecule has 1 aliphatic heterocycles. The second-order valence-corrected chi connectivity index (χ2v) is 8.55. The third kappa shape index (κ3) is 4.60. The Morgan fingerprint density at radius 2 is 1.69 bits per heavy atom. The number of amides is 2. The van der Waals surface area contributed by atoms with Gasteiger partial charge in [0, 0.05) is 17.4 Å². The van der Waals surface area contributed by atoms with E-state index < -0.39 is 0 Å². The number of carbonyl (C=O) groups is 1. The summed E-state index contributed by atoms with van der Waals surface area (Å²) < 4.78 is 5.50. The summed E-state index contributed by atoms with van der Waals surface area (Å²) in [6, 6.07) is 21.7. The summed E-state index contributed by atoms with van der Waals surface area (Å²) in [6.45, 7) is 2.76. The van der Waals surface area contributed by atoms with Gasteiger partial charge < -0.3 is 10.1 Å². The van der Waals surface area contributed by atoms with Crippen LogP contribution in [0.4, 0.5) is 33.6 Å². The molecule has 35 heavy (non-hydrogen) atoms. The summed E-state index contributed by atoms with van der Waals surface area (Å²) in [5.41, 5.74) is 2.66. The van der Waals surface area contributed by atoms with Gasteiger partial charge in [0.15, 0.2) is 5.82 Å². The van der Waals surface area contributed by atoms with Gasteiger partial charge in [0.05, 0.1) is 34.6 Å². The van der Waals surface area contributed by atoms with Crippen LogP contribution in [0.15, 0.2) is 79.0 Å². The molecular weight excluding hydrogens is 485 g/mol. The van der Waals surface area contributed by atoms with Crippen molar-refractivity contribution in [3.63, 3.8) is 0 Å². The highest BCUT2D eigenvalue weighted by molar-refractivity contribution is 6.40. The second-order valence-electron chi connectivity index (χ2n) is 7.73. The van der Waals surface area contributed by atoms with Crippen LogP contribution in [-0.2, 0) is 6.54 Å². The number of ether oxygens (including phenoxy) is 1. The summed E-state index contributed by atoms with van der Waals surface area (Å²) in [5, 5.41) is 3.97. The summed E-state index contributed by atoms with van der Waals surface area (Å²) in [7, 11) is 0. The normalized spacial score (nSPS) is 12.9. The molecule has 5 rings (SSSR count). The Bertz CT molecular complexity index is 1350. The van der Waals surface area contributed by atoms with Crippen molar-refractivity contribution in [1.82, 2.24) is 9.97 Å². The number of benzene rings is 3. The Morgan fingerprint density at radius 1 is 0.971 bits per heavy atom. The number of urea groups is 1. The van der Waals surface area contributed by atoms with Gasteiger partial charge in [0.1, 0.15) is 5.75 Å². The number of anilines is 5. The van der Waals surface area contributed by atoms with Crippen LogP contribution in [0.1, 0.15) is 12.5 Å². The van der Waals surface area contributed by atoms with Crippen LogP contribution < -0.4 is 19.9 Å². The zero-order valence-corrected chi connectivity index (χ0v) is 20.3. The van der Waals surface area contributed by atoms with Crippen molar-refractivity contribution in [1.29, 1.82) is 0 Å². The number of nitrogens with one attached hydrogen (secondary N) is 1. The van der Waals surface area contributed by atoms with Gasteiger partial charge in [0.2, 0.25) is 5.95 Å². The van der Waals surface area contributed by atoms with E-state index in [0.717, 1.165) is 17.0 Å². The van der Waals surface area contributed by atoms with E-state index in [2.05, 4.69) is 10.3 Å². The van der Waals surface area contributed by atoms with E-state index in [1.54, 1.807) is 34.2 Å². The predicted molar refractivity (Wildman–Crippen MR) is 140 cm³/mol. The van der Waals surface area contributed by atoms with Crippen molar-refractivity contribution in [3.8, 4) is 5.75 Å². The fourth-order valence-electron chi connectivity index (χ4n) is 3.87. The van der Waals surface area contributed by atoms with Crippen molar-refractivity contribution in [2.24, 2.45) is 0 Å². The molecule has 0 spiro atoms. The molecule has 1 N–H and O–H groups in total. The lowest BCUT2D eigenvalue weighted by molar-refractivity contribution is 0.252. The minimum Gasteiger partial charge on any atom is -0.494 e. The molecular formula is C26H21Cl2N5O2. The van der Waals surface area contributed by atoms with Gasteiger partial charge in [0.25, 0.3) is 0 Å². The van der Waals surface area contributed by atoms with Crippen molar-refractivity contribution < 1.29 is 9.53 Å². The van der Waals surface area contributed by atoms with Gasteiger partial charge in [-0.2, -0.15) is 4.98 Å². The lowest BCUT2D eigenvalue weighted by Gasteiger charge is -2.36. The van der Waals surface area contributed by atoms with E-state index in [0.29, 0.717) is 39.8 Å². The molecule has 0 saturated carbocycles. The van der Waals surface area contributed by atoms with Crippen molar-refractivity contribution in [3.05, 3.63) is 94.6 Å². The summed E-state index contributed by atoms with van der Waals surface area (Å²) in [4.78, 5) is 26.1. The fraction of sp³-hybridized carbons (Fsp3) is 0.115. The van der Waals surface area contributed by atoms with Crippen LogP contribution in [0.3, 0.4) is 0 Å². The molecule has 176 valence electrons. The maximum absolute atomic E-state index is 13.8. The Hall–Kier alpha value is -3.81. The molecule has 2 amide bonds. The zero-order valence-electron chi connectivity index (χ0n) is 18.8. The third-order valence-corrected chi connectivity index (χ3v) is 6.06. The lowest BCUT2D eigenvalue weighted by atomic mass is 10.1. The van der Waals surface area contributed by atoms with Crippen LogP contribution in [0.2, 0.25) is 10.0 Å². The van der Waals surface area contributed by atoms with E-state index in [-0.39, 0.29) is 12.6 Å². The topological polar surface area (TPSA) is 70.6 Å². The molecule has 7 nitrogen and oxygen atoms in total. The molecule has 0 aliphatic carbocycles. The van der Waals surface area contributed by atoms with Gasteiger partial charge in [-0.25, -0.2) is 14.7 Å². The summed E-state index contributed by atoms with van der Waals surface area (Å²) in [6.07, 6.45) is 1.71. The first kappa shape index (κ1) is 23.0. The first-order valence-electron chi connectivity index (χ1n) is 11.0. The van der Waals surface area contributed by atoms with Gasteiger partial charge in [-0.15, -0.1) is 0 Å². The Balaban J connectivity index is 1.54. The summed E-state index contributed by atoms with van der Waals surface area (Å²) in [5.74, 6) is 1.64. The highest BCUT2D eigenvalue weighted by Crippen LogP contribution is 2.41. The number of hydrogen-bond donors (Lipinski definition) is 1. The Kier molecular flexibility index (Phi) is 6.44. The molecule has 3 aromatic carbocycles. The molecule has 1 aliphatic rings. The number of nitrogens with zero attached hydrogens (tertiary/aromatic N) is 4. The van der Waals surface area contributed by atoms with E-state index >= 15 is 0 Å². The average Bonchev–Trinajstić information content (AvgIpc) is 2.86. The quantitative estimate of drug-likeness (QED) is 0.299. The van der Waals surface area contributed by atoms with Gasteiger partial charge in [-0.3, -0.25) is 4.90 Å². The lowest BCUT2D eigenvalue weighted by Crippen LogP contribution is -2.45. The molecule has 0 atom stereocenters. The first-order chi connectivity index (χ1) is 17.0. The highest BCUT2D eigenvalue weighted by atomic mass is 35.5. The Labute approximate surface area is 212 Å². The number of aromatic nitrogens is 2. The largest absolute Gasteiger partial charge is 0.494 e. The third-order valence-electron chi connectivity index (χ3n) is 5.45. The number of halogens is 2. The molecule has 1 aromatic heterocycles. The van der Waals surface area contributed by atoms with Crippen LogP contribution in [0, 0.1) is 0 Å². The second kappa shape index (κ2) is 9.82. The predicted octanol–water partition coefficient (Wildman–Crippen LogP) is 7.20. The molecule has 0 radical (unpaired) electrons. The number of rotatable bonds is 6.